The van der Waals surface area contributed by atoms with Crippen LogP contribution in [0, 0.1) is 22.7 Å². The Balaban J connectivity index is 2.29. The van der Waals surface area contributed by atoms with Crippen molar-refractivity contribution in [1.29, 1.82) is 10.5 Å². The average Bonchev–Trinajstić information content (AvgIpc) is 2.38. The van der Waals surface area contributed by atoms with E-state index in [1.54, 1.807) is 12.1 Å². The summed E-state index contributed by atoms with van der Waals surface area (Å²) >= 11 is 0. The van der Waals surface area contributed by atoms with Gasteiger partial charge in [0.05, 0.1) is 23.3 Å². The highest BCUT2D eigenvalue weighted by molar-refractivity contribution is 5.45. The predicted molar refractivity (Wildman–Crippen MR) is 70.9 cm³/mol. The molecular weight excluding hydrogens is 220 g/mol. The number of benzene rings is 1. The Kier molecular flexibility index (Phi) is 4.37. The molecule has 2 heteroatoms. The van der Waals surface area contributed by atoms with Crippen molar-refractivity contribution in [3.05, 3.63) is 34.9 Å². The maximum atomic E-state index is 9.21. The monoisotopic (exact) mass is 238 g/mol. The number of hydrogen-bond donors (Lipinski definition) is 0. The number of hydrogen-bond acceptors (Lipinski definition) is 2. The van der Waals surface area contributed by atoms with E-state index in [9.17, 15) is 5.26 Å². The molecule has 0 spiro atoms. The summed E-state index contributed by atoms with van der Waals surface area (Å²) in [5.74, 6) is 0.466. The molecule has 0 N–H and O–H groups in total. The Hall–Kier alpha value is -1.80. The zero-order chi connectivity index (χ0) is 12.8. The van der Waals surface area contributed by atoms with Crippen LogP contribution in [0.2, 0.25) is 0 Å². The molecular formula is C16H18N2. The van der Waals surface area contributed by atoms with E-state index >= 15 is 0 Å². The van der Waals surface area contributed by atoms with E-state index in [0.29, 0.717) is 11.5 Å². The molecule has 1 fully saturated rings. The molecule has 0 radical (unpaired) electrons. The van der Waals surface area contributed by atoms with Gasteiger partial charge in [0, 0.05) is 0 Å². The molecule has 0 bridgehead atoms. The molecule has 0 unspecified atom stereocenters. The topological polar surface area (TPSA) is 47.6 Å². The zero-order valence-corrected chi connectivity index (χ0v) is 10.7. The highest BCUT2D eigenvalue weighted by Crippen LogP contribution is 2.33. The minimum absolute atomic E-state index is 0.466. The van der Waals surface area contributed by atoms with Crippen molar-refractivity contribution < 1.29 is 0 Å². The van der Waals surface area contributed by atoms with Crippen LogP contribution < -0.4 is 0 Å². The lowest BCUT2D eigenvalue weighted by molar-refractivity contribution is 0.455. The SMILES string of the molecule is N#Cc1ccc(C#N)c(C2CCCCCCC2)c1. The van der Waals surface area contributed by atoms with E-state index in [0.717, 1.165) is 24.0 Å². The van der Waals surface area contributed by atoms with Gasteiger partial charge in [-0.15, -0.1) is 0 Å². The molecule has 0 aliphatic heterocycles. The second-order valence-electron chi connectivity index (χ2n) is 5.07. The largest absolute Gasteiger partial charge is 0.192 e. The van der Waals surface area contributed by atoms with Crippen molar-refractivity contribution in [2.75, 3.05) is 0 Å². The van der Waals surface area contributed by atoms with Crippen molar-refractivity contribution in [1.82, 2.24) is 0 Å². The maximum Gasteiger partial charge on any atom is 0.0994 e. The summed E-state index contributed by atoms with van der Waals surface area (Å²) in [7, 11) is 0. The third-order valence-electron chi connectivity index (χ3n) is 3.85. The number of nitriles is 2. The van der Waals surface area contributed by atoms with Gasteiger partial charge in [0.25, 0.3) is 0 Å². The quantitative estimate of drug-likeness (QED) is 0.734. The Labute approximate surface area is 109 Å². The highest BCUT2D eigenvalue weighted by Gasteiger charge is 2.17. The molecule has 2 nitrogen and oxygen atoms in total. The summed E-state index contributed by atoms with van der Waals surface area (Å²) in [6.45, 7) is 0. The summed E-state index contributed by atoms with van der Waals surface area (Å²) in [5, 5.41) is 18.2. The van der Waals surface area contributed by atoms with Gasteiger partial charge in [-0.1, -0.05) is 32.1 Å². The van der Waals surface area contributed by atoms with Gasteiger partial charge in [0.1, 0.15) is 0 Å². The molecule has 1 aliphatic rings. The Morgan fingerprint density at radius 1 is 0.889 bits per heavy atom. The molecule has 1 aromatic carbocycles. The lowest BCUT2D eigenvalue weighted by atomic mass is 9.83. The van der Waals surface area contributed by atoms with E-state index in [2.05, 4.69) is 12.1 Å². The van der Waals surface area contributed by atoms with Crippen LogP contribution in [0.4, 0.5) is 0 Å². The standard InChI is InChI=1S/C16H18N2/c17-11-13-8-9-15(12-18)16(10-13)14-6-4-2-1-3-5-7-14/h8-10,14H,1-7H2. The predicted octanol–water partition coefficient (Wildman–Crippen LogP) is 4.26. The molecule has 1 saturated carbocycles. The molecule has 0 atom stereocenters. The van der Waals surface area contributed by atoms with Crippen molar-refractivity contribution in [2.24, 2.45) is 0 Å². The normalized spacial score (nSPS) is 17.2. The first-order valence-corrected chi connectivity index (χ1v) is 6.79. The highest BCUT2D eigenvalue weighted by atomic mass is 14.3. The Morgan fingerprint density at radius 2 is 1.56 bits per heavy atom. The molecule has 2 rings (SSSR count). The molecule has 0 saturated heterocycles. The molecule has 0 aromatic heterocycles. The average molecular weight is 238 g/mol. The van der Waals surface area contributed by atoms with Gasteiger partial charge in [0.15, 0.2) is 0 Å². The molecule has 1 aromatic rings. The first-order valence-electron chi connectivity index (χ1n) is 6.79. The second-order valence-corrected chi connectivity index (χ2v) is 5.07. The first kappa shape index (κ1) is 12.7. The van der Waals surface area contributed by atoms with Crippen LogP contribution in [-0.4, -0.2) is 0 Å². The first-order chi connectivity index (χ1) is 8.85. The van der Waals surface area contributed by atoms with Gasteiger partial charge in [-0.25, -0.2) is 0 Å². The van der Waals surface area contributed by atoms with Crippen LogP contribution in [-0.2, 0) is 0 Å². The number of nitrogens with zero attached hydrogens (tertiary/aromatic N) is 2. The van der Waals surface area contributed by atoms with Gasteiger partial charge in [-0.05, 0) is 42.5 Å². The Bertz CT molecular complexity index is 483. The summed E-state index contributed by atoms with van der Waals surface area (Å²) in [6, 6.07) is 9.91. The fraction of sp³-hybridized carbons (Fsp3) is 0.500. The molecule has 0 amide bonds. The maximum absolute atomic E-state index is 9.21. The van der Waals surface area contributed by atoms with Crippen LogP contribution in [0.3, 0.4) is 0 Å². The fourth-order valence-electron chi connectivity index (χ4n) is 2.84. The summed E-state index contributed by atoms with van der Waals surface area (Å²) < 4.78 is 0. The molecule has 18 heavy (non-hydrogen) atoms. The molecule has 92 valence electrons. The van der Waals surface area contributed by atoms with E-state index in [1.807, 2.05) is 6.07 Å². The second kappa shape index (κ2) is 6.22. The van der Waals surface area contributed by atoms with Gasteiger partial charge in [0.2, 0.25) is 0 Å². The van der Waals surface area contributed by atoms with Gasteiger partial charge in [-0.3, -0.25) is 0 Å². The fourth-order valence-corrected chi connectivity index (χ4v) is 2.84. The van der Waals surface area contributed by atoms with Crippen LogP contribution in [0.1, 0.15) is 67.6 Å². The zero-order valence-electron chi connectivity index (χ0n) is 10.7. The number of rotatable bonds is 1. The van der Waals surface area contributed by atoms with Crippen molar-refractivity contribution in [3.8, 4) is 12.1 Å². The van der Waals surface area contributed by atoms with Crippen molar-refractivity contribution >= 4 is 0 Å². The third kappa shape index (κ3) is 2.90. The van der Waals surface area contributed by atoms with Crippen LogP contribution >= 0.6 is 0 Å². The van der Waals surface area contributed by atoms with E-state index < -0.39 is 0 Å². The summed E-state index contributed by atoms with van der Waals surface area (Å²) in [5.41, 5.74) is 2.52. The van der Waals surface area contributed by atoms with Crippen LogP contribution in [0.5, 0.6) is 0 Å². The van der Waals surface area contributed by atoms with E-state index in [-0.39, 0.29) is 0 Å². The summed E-state index contributed by atoms with van der Waals surface area (Å²) in [4.78, 5) is 0. The van der Waals surface area contributed by atoms with E-state index in [4.69, 9.17) is 5.26 Å². The van der Waals surface area contributed by atoms with Crippen molar-refractivity contribution in [2.45, 2.75) is 50.9 Å². The molecule has 1 aliphatic carbocycles. The van der Waals surface area contributed by atoms with Crippen LogP contribution in [0.15, 0.2) is 18.2 Å². The smallest absolute Gasteiger partial charge is 0.0994 e. The van der Waals surface area contributed by atoms with Crippen LogP contribution in [0.25, 0.3) is 0 Å². The third-order valence-corrected chi connectivity index (χ3v) is 3.85. The van der Waals surface area contributed by atoms with Gasteiger partial charge < -0.3 is 0 Å². The van der Waals surface area contributed by atoms with Crippen molar-refractivity contribution in [3.63, 3.8) is 0 Å². The van der Waals surface area contributed by atoms with E-state index in [1.165, 1.54) is 32.1 Å². The van der Waals surface area contributed by atoms with Gasteiger partial charge >= 0.3 is 0 Å². The molecule has 0 heterocycles. The summed E-state index contributed by atoms with van der Waals surface area (Å²) in [6.07, 6.45) is 8.74. The van der Waals surface area contributed by atoms with Gasteiger partial charge in [-0.2, -0.15) is 10.5 Å². The minimum atomic E-state index is 0.466. The minimum Gasteiger partial charge on any atom is -0.192 e. The lowest BCUT2D eigenvalue weighted by Crippen LogP contribution is -2.05. The Morgan fingerprint density at radius 3 is 2.17 bits per heavy atom. The lowest BCUT2D eigenvalue weighted by Gasteiger charge is -2.21.